The van der Waals surface area contributed by atoms with E-state index >= 15 is 0 Å². The molecule has 94 valence electrons. The van der Waals surface area contributed by atoms with Gasteiger partial charge in [-0.3, -0.25) is 0 Å². The first-order valence-corrected chi connectivity index (χ1v) is 7.12. The molecule has 0 aromatic carbocycles. The molecule has 2 nitrogen and oxygen atoms in total. The summed E-state index contributed by atoms with van der Waals surface area (Å²) in [5, 5.41) is 3.50. The SMILES string of the molecule is C=C1C=C(N2CCCC3(CCNCC3)C2)CC1. The third kappa shape index (κ3) is 2.28. The number of nitrogens with zero attached hydrogens (tertiary/aromatic N) is 1. The summed E-state index contributed by atoms with van der Waals surface area (Å²) < 4.78 is 0. The average molecular weight is 232 g/mol. The normalized spacial score (nSPS) is 28.6. The Balaban J connectivity index is 1.71. The number of hydrogen-bond acceptors (Lipinski definition) is 2. The molecule has 0 atom stereocenters. The number of hydrogen-bond donors (Lipinski definition) is 1. The largest absolute Gasteiger partial charge is 0.374 e. The maximum atomic E-state index is 4.09. The average Bonchev–Trinajstić information content (AvgIpc) is 2.77. The van der Waals surface area contributed by atoms with Gasteiger partial charge in [-0.05, 0) is 63.1 Å². The van der Waals surface area contributed by atoms with Crippen LogP contribution in [-0.2, 0) is 0 Å². The monoisotopic (exact) mass is 232 g/mol. The van der Waals surface area contributed by atoms with Crippen LogP contribution in [0.4, 0.5) is 0 Å². The van der Waals surface area contributed by atoms with E-state index in [0.29, 0.717) is 5.41 Å². The zero-order chi connectivity index (χ0) is 11.7. The molecule has 1 aliphatic carbocycles. The molecule has 2 heteroatoms. The molecule has 2 heterocycles. The highest BCUT2D eigenvalue weighted by molar-refractivity contribution is 5.27. The van der Waals surface area contributed by atoms with E-state index in [1.54, 1.807) is 5.70 Å². The highest BCUT2D eigenvalue weighted by Gasteiger charge is 2.37. The Hall–Kier alpha value is -0.760. The standard InChI is InChI=1S/C15H24N2/c1-13-3-4-14(11-13)17-10-2-5-15(12-17)6-8-16-9-7-15/h11,16H,1-10,12H2. The summed E-state index contributed by atoms with van der Waals surface area (Å²) in [6.45, 7) is 9.11. The molecule has 2 aliphatic heterocycles. The lowest BCUT2D eigenvalue weighted by Gasteiger charge is -2.46. The fourth-order valence-electron chi connectivity index (χ4n) is 3.74. The van der Waals surface area contributed by atoms with E-state index in [9.17, 15) is 0 Å². The molecule has 0 amide bonds. The van der Waals surface area contributed by atoms with Gasteiger partial charge in [0.25, 0.3) is 0 Å². The number of piperidine rings is 2. The summed E-state index contributed by atoms with van der Waals surface area (Å²) in [6, 6.07) is 0. The van der Waals surface area contributed by atoms with E-state index in [1.165, 1.54) is 70.3 Å². The maximum Gasteiger partial charge on any atom is 0.0232 e. The Kier molecular flexibility index (Phi) is 2.99. The second-order valence-electron chi connectivity index (χ2n) is 6.07. The number of rotatable bonds is 1. The van der Waals surface area contributed by atoms with Crippen molar-refractivity contribution < 1.29 is 0 Å². The first-order chi connectivity index (χ1) is 8.27. The fraction of sp³-hybridized carbons (Fsp3) is 0.733. The van der Waals surface area contributed by atoms with Crippen LogP contribution < -0.4 is 5.32 Å². The van der Waals surface area contributed by atoms with Gasteiger partial charge in [-0.15, -0.1) is 0 Å². The van der Waals surface area contributed by atoms with Gasteiger partial charge in [0.2, 0.25) is 0 Å². The Labute approximate surface area is 105 Å². The molecule has 17 heavy (non-hydrogen) atoms. The van der Waals surface area contributed by atoms with Crippen molar-refractivity contribution in [3.8, 4) is 0 Å². The molecule has 1 N–H and O–H groups in total. The summed E-state index contributed by atoms with van der Waals surface area (Å²) in [5.41, 5.74) is 3.51. The Morgan fingerprint density at radius 1 is 1.18 bits per heavy atom. The minimum atomic E-state index is 0.619. The van der Waals surface area contributed by atoms with E-state index in [4.69, 9.17) is 0 Å². The Bertz CT molecular complexity index is 331. The molecule has 0 radical (unpaired) electrons. The topological polar surface area (TPSA) is 15.3 Å². The number of likely N-dealkylation sites (tertiary alicyclic amines) is 1. The molecular formula is C15H24N2. The van der Waals surface area contributed by atoms with Crippen LogP contribution in [0.1, 0.15) is 38.5 Å². The van der Waals surface area contributed by atoms with E-state index in [1.807, 2.05) is 0 Å². The van der Waals surface area contributed by atoms with Crippen molar-refractivity contribution >= 4 is 0 Å². The molecule has 2 fully saturated rings. The van der Waals surface area contributed by atoms with Gasteiger partial charge in [0, 0.05) is 18.8 Å². The summed E-state index contributed by atoms with van der Waals surface area (Å²) in [7, 11) is 0. The highest BCUT2D eigenvalue weighted by atomic mass is 15.2. The molecule has 0 unspecified atom stereocenters. The zero-order valence-electron chi connectivity index (χ0n) is 10.8. The zero-order valence-corrected chi connectivity index (χ0v) is 10.8. The molecule has 2 saturated heterocycles. The van der Waals surface area contributed by atoms with Gasteiger partial charge in [-0.25, -0.2) is 0 Å². The summed E-state index contributed by atoms with van der Waals surface area (Å²) in [5.74, 6) is 0. The quantitative estimate of drug-likeness (QED) is 0.748. The van der Waals surface area contributed by atoms with E-state index < -0.39 is 0 Å². The first kappa shape index (κ1) is 11.3. The van der Waals surface area contributed by atoms with E-state index in [2.05, 4.69) is 22.9 Å². The van der Waals surface area contributed by atoms with Gasteiger partial charge in [0.1, 0.15) is 0 Å². The number of allylic oxidation sites excluding steroid dienone is 3. The van der Waals surface area contributed by atoms with Crippen LogP contribution in [0.2, 0.25) is 0 Å². The fourth-order valence-corrected chi connectivity index (χ4v) is 3.74. The number of nitrogens with one attached hydrogen (secondary N) is 1. The van der Waals surface area contributed by atoms with Crippen LogP contribution >= 0.6 is 0 Å². The minimum Gasteiger partial charge on any atom is -0.374 e. The van der Waals surface area contributed by atoms with Crippen LogP contribution in [0.5, 0.6) is 0 Å². The van der Waals surface area contributed by atoms with Gasteiger partial charge < -0.3 is 10.2 Å². The van der Waals surface area contributed by atoms with Gasteiger partial charge in [0.15, 0.2) is 0 Å². The first-order valence-electron chi connectivity index (χ1n) is 7.12. The van der Waals surface area contributed by atoms with Crippen LogP contribution in [0.15, 0.2) is 23.9 Å². The molecule has 1 spiro atoms. The Morgan fingerprint density at radius 3 is 2.71 bits per heavy atom. The van der Waals surface area contributed by atoms with Crippen molar-refractivity contribution in [2.75, 3.05) is 26.2 Å². The van der Waals surface area contributed by atoms with Crippen molar-refractivity contribution in [2.24, 2.45) is 5.41 Å². The van der Waals surface area contributed by atoms with Crippen LogP contribution in [0.3, 0.4) is 0 Å². The third-order valence-electron chi connectivity index (χ3n) is 4.80. The van der Waals surface area contributed by atoms with Crippen molar-refractivity contribution in [3.63, 3.8) is 0 Å². The smallest absolute Gasteiger partial charge is 0.0232 e. The lowest BCUT2D eigenvalue weighted by molar-refractivity contribution is 0.0784. The molecule has 0 bridgehead atoms. The van der Waals surface area contributed by atoms with Gasteiger partial charge in [-0.1, -0.05) is 12.2 Å². The van der Waals surface area contributed by atoms with Crippen LogP contribution in [0.25, 0.3) is 0 Å². The van der Waals surface area contributed by atoms with Gasteiger partial charge >= 0.3 is 0 Å². The van der Waals surface area contributed by atoms with E-state index in [-0.39, 0.29) is 0 Å². The molecular weight excluding hydrogens is 208 g/mol. The maximum absolute atomic E-state index is 4.09. The summed E-state index contributed by atoms with van der Waals surface area (Å²) in [6.07, 6.45) is 10.3. The molecule has 3 aliphatic rings. The highest BCUT2D eigenvalue weighted by Crippen LogP contribution is 2.40. The molecule has 0 aromatic heterocycles. The summed E-state index contributed by atoms with van der Waals surface area (Å²) in [4.78, 5) is 2.66. The lowest BCUT2D eigenvalue weighted by atomic mass is 9.73. The lowest BCUT2D eigenvalue weighted by Crippen LogP contribution is -2.47. The van der Waals surface area contributed by atoms with Crippen molar-refractivity contribution in [2.45, 2.75) is 38.5 Å². The second-order valence-corrected chi connectivity index (χ2v) is 6.07. The third-order valence-corrected chi connectivity index (χ3v) is 4.80. The molecule has 3 rings (SSSR count). The second kappa shape index (κ2) is 4.49. The van der Waals surface area contributed by atoms with Crippen molar-refractivity contribution in [1.29, 1.82) is 0 Å². The van der Waals surface area contributed by atoms with Crippen molar-refractivity contribution in [3.05, 3.63) is 23.9 Å². The van der Waals surface area contributed by atoms with Gasteiger partial charge in [0.05, 0.1) is 0 Å². The predicted molar refractivity (Wildman–Crippen MR) is 71.8 cm³/mol. The molecule has 0 aromatic rings. The minimum absolute atomic E-state index is 0.619. The summed E-state index contributed by atoms with van der Waals surface area (Å²) >= 11 is 0. The van der Waals surface area contributed by atoms with E-state index in [0.717, 1.165) is 0 Å². The Morgan fingerprint density at radius 2 is 2.00 bits per heavy atom. The van der Waals surface area contributed by atoms with Gasteiger partial charge in [-0.2, -0.15) is 0 Å². The van der Waals surface area contributed by atoms with Crippen molar-refractivity contribution in [1.82, 2.24) is 10.2 Å². The van der Waals surface area contributed by atoms with Crippen LogP contribution in [0, 0.1) is 5.41 Å². The predicted octanol–water partition coefficient (Wildman–Crippen LogP) is 2.69. The molecule has 0 saturated carbocycles. The van der Waals surface area contributed by atoms with Crippen LogP contribution in [-0.4, -0.2) is 31.1 Å².